The van der Waals surface area contributed by atoms with Crippen molar-refractivity contribution in [2.45, 2.75) is 12.5 Å². The minimum absolute atomic E-state index is 0.0914. The first-order chi connectivity index (χ1) is 9.85. The van der Waals surface area contributed by atoms with Gasteiger partial charge in [-0.25, -0.2) is 0 Å². The minimum atomic E-state index is -1.07. The normalized spacial score (nSPS) is 11.7. The number of primary amides is 1. The first-order valence-corrected chi connectivity index (χ1v) is 5.85. The van der Waals surface area contributed by atoms with E-state index in [1.54, 1.807) is 0 Å². The molecule has 1 atom stereocenters. The Morgan fingerprint density at radius 2 is 2.19 bits per heavy atom. The summed E-state index contributed by atoms with van der Waals surface area (Å²) in [6.07, 6.45) is -0.0914. The van der Waals surface area contributed by atoms with E-state index in [1.807, 2.05) is 0 Å². The van der Waals surface area contributed by atoms with E-state index in [-0.39, 0.29) is 13.0 Å². The Morgan fingerprint density at radius 3 is 2.71 bits per heavy atom. The summed E-state index contributed by atoms with van der Waals surface area (Å²) in [7, 11) is 1.31. The van der Waals surface area contributed by atoms with Crippen LogP contribution >= 0.6 is 0 Å². The van der Waals surface area contributed by atoms with Crippen LogP contribution in [0.1, 0.15) is 5.56 Å². The van der Waals surface area contributed by atoms with Crippen molar-refractivity contribution in [1.29, 1.82) is 0 Å². The van der Waals surface area contributed by atoms with Gasteiger partial charge in [-0.3, -0.25) is 19.7 Å². The average Bonchev–Trinajstić information content (AvgIpc) is 2.39. The lowest BCUT2D eigenvalue weighted by atomic mass is 10.0. The van der Waals surface area contributed by atoms with Crippen LogP contribution in [0.2, 0.25) is 0 Å². The third-order valence-corrected chi connectivity index (χ3v) is 2.60. The van der Waals surface area contributed by atoms with Gasteiger partial charge in [0.2, 0.25) is 17.6 Å². The highest BCUT2D eigenvalue weighted by molar-refractivity contribution is 5.87. The number of benzene rings is 1. The highest BCUT2D eigenvalue weighted by atomic mass is 19.1. The standard InChI is InChI=1S/C12H14FN3O5/c1-21-6-11(17)15-9(12(14)18)4-7-2-3-8(13)10(5-7)16(19)20/h2-3,5,9H,4,6H2,1H3,(H2,14,18)(H,15,17)/t9-/m0/s1. The minimum Gasteiger partial charge on any atom is -0.375 e. The van der Waals surface area contributed by atoms with E-state index in [0.29, 0.717) is 5.56 Å². The molecule has 8 nitrogen and oxygen atoms in total. The van der Waals surface area contributed by atoms with Gasteiger partial charge in [-0.1, -0.05) is 6.07 Å². The van der Waals surface area contributed by atoms with E-state index in [2.05, 4.69) is 10.1 Å². The number of carbonyl (C=O) groups excluding carboxylic acids is 2. The Balaban J connectivity index is 2.89. The summed E-state index contributed by atoms with van der Waals surface area (Å²) in [4.78, 5) is 32.4. The number of hydrogen-bond acceptors (Lipinski definition) is 5. The van der Waals surface area contributed by atoms with Crippen molar-refractivity contribution >= 4 is 17.5 Å². The summed E-state index contributed by atoms with van der Waals surface area (Å²) in [5.41, 5.74) is 4.74. The zero-order chi connectivity index (χ0) is 16.0. The molecule has 0 heterocycles. The maximum atomic E-state index is 13.2. The van der Waals surface area contributed by atoms with E-state index in [4.69, 9.17) is 5.73 Å². The van der Waals surface area contributed by atoms with Crippen molar-refractivity contribution < 1.29 is 23.6 Å². The number of halogens is 1. The molecule has 0 spiro atoms. The van der Waals surface area contributed by atoms with Crippen LogP contribution in [0.15, 0.2) is 18.2 Å². The molecule has 2 amide bonds. The van der Waals surface area contributed by atoms with E-state index in [1.165, 1.54) is 13.2 Å². The molecule has 0 aromatic heterocycles. The number of ether oxygens (including phenoxy) is 1. The third-order valence-electron chi connectivity index (χ3n) is 2.60. The predicted octanol–water partition coefficient (Wildman–Crippen LogP) is -0.107. The van der Waals surface area contributed by atoms with Crippen molar-refractivity contribution in [2.24, 2.45) is 5.73 Å². The lowest BCUT2D eigenvalue weighted by molar-refractivity contribution is -0.387. The van der Waals surface area contributed by atoms with Crippen molar-refractivity contribution in [3.05, 3.63) is 39.7 Å². The van der Waals surface area contributed by atoms with Crippen LogP contribution < -0.4 is 11.1 Å². The zero-order valence-corrected chi connectivity index (χ0v) is 11.2. The number of nitro benzene ring substituents is 1. The molecule has 1 aromatic rings. The van der Waals surface area contributed by atoms with Crippen LogP contribution in [0.3, 0.4) is 0 Å². The number of nitrogens with one attached hydrogen (secondary N) is 1. The molecule has 3 N–H and O–H groups in total. The lowest BCUT2D eigenvalue weighted by Gasteiger charge is -2.15. The van der Waals surface area contributed by atoms with Crippen LogP contribution in [-0.2, 0) is 20.7 Å². The molecule has 0 fully saturated rings. The molecular weight excluding hydrogens is 285 g/mol. The molecule has 0 bridgehead atoms. The summed E-state index contributed by atoms with van der Waals surface area (Å²) in [6.45, 7) is -0.257. The van der Waals surface area contributed by atoms with Gasteiger partial charge in [0.25, 0.3) is 0 Å². The second-order valence-corrected chi connectivity index (χ2v) is 4.20. The predicted molar refractivity (Wildman–Crippen MR) is 69.8 cm³/mol. The van der Waals surface area contributed by atoms with E-state index in [9.17, 15) is 24.1 Å². The van der Waals surface area contributed by atoms with Gasteiger partial charge in [-0.2, -0.15) is 4.39 Å². The Bertz CT molecular complexity index is 564. The monoisotopic (exact) mass is 299 g/mol. The van der Waals surface area contributed by atoms with Crippen LogP contribution in [0.25, 0.3) is 0 Å². The quantitative estimate of drug-likeness (QED) is 0.537. The third kappa shape index (κ3) is 4.80. The van der Waals surface area contributed by atoms with Gasteiger partial charge in [0, 0.05) is 19.6 Å². The van der Waals surface area contributed by atoms with Gasteiger partial charge in [0.15, 0.2) is 0 Å². The molecule has 0 aliphatic carbocycles. The Hall–Kier alpha value is -2.55. The smallest absolute Gasteiger partial charge is 0.305 e. The lowest BCUT2D eigenvalue weighted by Crippen LogP contribution is -2.47. The summed E-state index contributed by atoms with van der Waals surface area (Å²) in [5, 5.41) is 13.0. The van der Waals surface area contributed by atoms with Gasteiger partial charge < -0.3 is 15.8 Å². The van der Waals surface area contributed by atoms with Crippen molar-refractivity contribution in [2.75, 3.05) is 13.7 Å². The number of nitrogens with zero attached hydrogens (tertiary/aromatic N) is 1. The number of nitro groups is 1. The van der Waals surface area contributed by atoms with Gasteiger partial charge in [0.1, 0.15) is 12.6 Å². The number of amides is 2. The summed E-state index contributed by atoms with van der Waals surface area (Å²) in [5.74, 6) is -2.35. The van der Waals surface area contributed by atoms with Crippen LogP contribution in [-0.4, -0.2) is 36.5 Å². The van der Waals surface area contributed by atoms with Crippen LogP contribution in [0.5, 0.6) is 0 Å². The van der Waals surface area contributed by atoms with Gasteiger partial charge in [0.05, 0.1) is 4.92 Å². The molecule has 0 saturated heterocycles. The fourth-order valence-electron chi connectivity index (χ4n) is 1.65. The fraction of sp³-hybridized carbons (Fsp3) is 0.333. The molecule has 114 valence electrons. The Morgan fingerprint density at radius 1 is 1.52 bits per heavy atom. The number of nitrogens with two attached hydrogens (primary N) is 1. The van der Waals surface area contributed by atoms with Crippen molar-refractivity contribution in [1.82, 2.24) is 5.32 Å². The molecule has 0 unspecified atom stereocenters. The Labute approximate surface area is 119 Å². The molecule has 1 aromatic carbocycles. The van der Waals surface area contributed by atoms with Gasteiger partial charge in [-0.05, 0) is 11.6 Å². The molecule has 0 radical (unpaired) electrons. The molecular formula is C12H14FN3O5. The number of carbonyl (C=O) groups is 2. The number of methoxy groups -OCH3 is 1. The van der Waals surface area contributed by atoms with Crippen LogP contribution in [0.4, 0.5) is 10.1 Å². The maximum Gasteiger partial charge on any atom is 0.305 e. The molecule has 0 aliphatic rings. The molecule has 21 heavy (non-hydrogen) atoms. The second-order valence-electron chi connectivity index (χ2n) is 4.20. The summed E-state index contributed by atoms with van der Waals surface area (Å²) >= 11 is 0. The second kappa shape index (κ2) is 7.29. The number of hydrogen-bond donors (Lipinski definition) is 2. The first-order valence-electron chi connectivity index (χ1n) is 5.85. The van der Waals surface area contributed by atoms with E-state index in [0.717, 1.165) is 12.1 Å². The van der Waals surface area contributed by atoms with Crippen molar-refractivity contribution in [3.63, 3.8) is 0 Å². The zero-order valence-electron chi connectivity index (χ0n) is 11.2. The number of rotatable bonds is 7. The highest BCUT2D eigenvalue weighted by Gasteiger charge is 2.21. The maximum absolute atomic E-state index is 13.2. The largest absolute Gasteiger partial charge is 0.375 e. The molecule has 9 heteroatoms. The highest BCUT2D eigenvalue weighted by Crippen LogP contribution is 2.19. The van der Waals surface area contributed by atoms with Crippen LogP contribution in [0, 0.1) is 15.9 Å². The first kappa shape index (κ1) is 16.5. The van der Waals surface area contributed by atoms with Crippen molar-refractivity contribution in [3.8, 4) is 0 Å². The van der Waals surface area contributed by atoms with E-state index < -0.39 is 34.3 Å². The molecule has 1 rings (SSSR count). The topological polar surface area (TPSA) is 125 Å². The van der Waals surface area contributed by atoms with E-state index >= 15 is 0 Å². The average molecular weight is 299 g/mol. The SMILES string of the molecule is COCC(=O)N[C@@H](Cc1ccc(F)c([N+](=O)[O-])c1)C(N)=O. The van der Waals surface area contributed by atoms with Gasteiger partial charge >= 0.3 is 5.69 Å². The Kier molecular flexibility index (Phi) is 5.73. The summed E-state index contributed by atoms with van der Waals surface area (Å²) < 4.78 is 17.8. The summed E-state index contributed by atoms with van der Waals surface area (Å²) in [6, 6.07) is 2.12. The molecule has 0 aliphatic heterocycles. The van der Waals surface area contributed by atoms with Gasteiger partial charge in [-0.15, -0.1) is 0 Å². The fourth-order valence-corrected chi connectivity index (χ4v) is 1.65. The molecule has 0 saturated carbocycles.